The number of hydrogen-bond acceptors (Lipinski definition) is 1. The van der Waals surface area contributed by atoms with E-state index in [1.807, 2.05) is 0 Å². The number of ether oxygens (including phenoxy) is 1. The Balaban J connectivity index is 1.87. The molecule has 0 aromatic rings. The van der Waals surface area contributed by atoms with Crippen LogP contribution in [0.3, 0.4) is 0 Å². The number of rotatable bonds is 7. The van der Waals surface area contributed by atoms with Gasteiger partial charge in [0.15, 0.2) is 0 Å². The molecule has 1 heterocycles. The maximum atomic E-state index is 5.50. The van der Waals surface area contributed by atoms with Gasteiger partial charge in [0.1, 0.15) is 0 Å². The molecular formula is C12H20O. The van der Waals surface area contributed by atoms with Crippen molar-refractivity contribution in [2.75, 3.05) is 0 Å². The molecule has 0 radical (unpaired) electrons. The van der Waals surface area contributed by atoms with Crippen LogP contribution >= 0.6 is 0 Å². The van der Waals surface area contributed by atoms with Gasteiger partial charge in [-0.2, -0.15) is 0 Å². The molecule has 0 amide bonds. The molecule has 0 bridgehead atoms. The maximum Gasteiger partial charge on any atom is 0.0851 e. The summed E-state index contributed by atoms with van der Waals surface area (Å²) in [5.74, 6) is 2.66. The van der Waals surface area contributed by atoms with Gasteiger partial charge in [0, 0.05) is 6.42 Å². The molecule has 1 fully saturated rings. The van der Waals surface area contributed by atoms with Crippen LogP contribution in [0.4, 0.5) is 0 Å². The van der Waals surface area contributed by atoms with E-state index in [0.29, 0.717) is 12.2 Å². The van der Waals surface area contributed by atoms with E-state index in [2.05, 4.69) is 12.8 Å². The highest BCUT2D eigenvalue weighted by Gasteiger charge is 2.36. The first kappa shape index (κ1) is 10.6. The number of terminal acetylenes is 1. The summed E-state index contributed by atoms with van der Waals surface area (Å²) in [5.41, 5.74) is 0. The van der Waals surface area contributed by atoms with E-state index in [4.69, 9.17) is 11.2 Å². The number of epoxide rings is 1. The van der Waals surface area contributed by atoms with E-state index in [9.17, 15) is 0 Å². The summed E-state index contributed by atoms with van der Waals surface area (Å²) in [7, 11) is 0. The van der Waals surface area contributed by atoms with Crippen LogP contribution in [0.25, 0.3) is 0 Å². The summed E-state index contributed by atoms with van der Waals surface area (Å²) in [6.45, 7) is 2.24. The minimum Gasteiger partial charge on any atom is -0.370 e. The zero-order chi connectivity index (χ0) is 9.52. The first-order valence-electron chi connectivity index (χ1n) is 5.47. The SMILES string of the molecule is C#CCCC1OC1CCCCCC. The lowest BCUT2D eigenvalue weighted by Crippen LogP contribution is -1.93. The quantitative estimate of drug-likeness (QED) is 0.333. The average Bonchev–Trinajstić information content (AvgIpc) is 2.88. The normalized spacial score (nSPS) is 25.5. The van der Waals surface area contributed by atoms with Crippen LogP contribution in [0.15, 0.2) is 0 Å². The van der Waals surface area contributed by atoms with E-state index in [0.717, 1.165) is 12.8 Å². The molecule has 0 spiro atoms. The fourth-order valence-corrected chi connectivity index (χ4v) is 1.68. The van der Waals surface area contributed by atoms with Crippen molar-refractivity contribution in [3.63, 3.8) is 0 Å². The third kappa shape index (κ3) is 4.33. The molecule has 0 aromatic heterocycles. The Morgan fingerprint density at radius 1 is 1.15 bits per heavy atom. The summed E-state index contributed by atoms with van der Waals surface area (Å²) in [6, 6.07) is 0. The van der Waals surface area contributed by atoms with Crippen molar-refractivity contribution in [2.45, 2.75) is 64.1 Å². The minimum atomic E-state index is 0.498. The van der Waals surface area contributed by atoms with E-state index in [-0.39, 0.29) is 0 Å². The van der Waals surface area contributed by atoms with Crippen molar-refractivity contribution < 1.29 is 4.74 Å². The van der Waals surface area contributed by atoms with E-state index < -0.39 is 0 Å². The first-order chi connectivity index (χ1) is 6.38. The van der Waals surface area contributed by atoms with Crippen LogP contribution in [-0.4, -0.2) is 12.2 Å². The summed E-state index contributed by atoms with van der Waals surface area (Å²) < 4.78 is 5.50. The highest BCUT2D eigenvalue weighted by Crippen LogP contribution is 2.30. The number of hydrogen-bond donors (Lipinski definition) is 0. The van der Waals surface area contributed by atoms with Crippen molar-refractivity contribution >= 4 is 0 Å². The average molecular weight is 180 g/mol. The summed E-state index contributed by atoms with van der Waals surface area (Å²) in [4.78, 5) is 0. The molecule has 13 heavy (non-hydrogen) atoms. The Kier molecular flexibility index (Phi) is 4.93. The zero-order valence-electron chi connectivity index (χ0n) is 8.59. The molecule has 74 valence electrons. The summed E-state index contributed by atoms with van der Waals surface area (Å²) in [5, 5.41) is 0. The van der Waals surface area contributed by atoms with Gasteiger partial charge in [-0.1, -0.05) is 32.6 Å². The molecule has 0 aromatic carbocycles. The van der Waals surface area contributed by atoms with Crippen LogP contribution in [0.1, 0.15) is 51.9 Å². The fraction of sp³-hybridized carbons (Fsp3) is 0.833. The van der Waals surface area contributed by atoms with Gasteiger partial charge in [0.05, 0.1) is 12.2 Å². The van der Waals surface area contributed by atoms with Crippen LogP contribution in [0.5, 0.6) is 0 Å². The third-order valence-corrected chi connectivity index (χ3v) is 2.60. The van der Waals surface area contributed by atoms with Gasteiger partial charge >= 0.3 is 0 Å². The van der Waals surface area contributed by atoms with E-state index >= 15 is 0 Å². The van der Waals surface area contributed by atoms with Crippen LogP contribution in [-0.2, 0) is 4.74 Å². The summed E-state index contributed by atoms with van der Waals surface area (Å²) >= 11 is 0. The maximum absolute atomic E-state index is 5.50. The molecule has 2 unspecified atom stereocenters. The van der Waals surface area contributed by atoms with Crippen LogP contribution in [0, 0.1) is 12.3 Å². The van der Waals surface area contributed by atoms with Crippen molar-refractivity contribution in [2.24, 2.45) is 0 Å². The molecule has 0 saturated carbocycles. The van der Waals surface area contributed by atoms with Crippen LogP contribution in [0.2, 0.25) is 0 Å². The second-order valence-electron chi connectivity index (χ2n) is 3.81. The molecule has 2 atom stereocenters. The lowest BCUT2D eigenvalue weighted by atomic mass is 10.1. The molecule has 1 nitrogen and oxygen atoms in total. The standard InChI is InChI=1S/C12H20O/c1-3-5-7-8-10-12-11(13-12)9-6-4-2/h2,11-12H,3,5-10H2,1H3. The van der Waals surface area contributed by atoms with Gasteiger partial charge in [0.2, 0.25) is 0 Å². The van der Waals surface area contributed by atoms with Gasteiger partial charge in [-0.05, 0) is 12.8 Å². The fourth-order valence-electron chi connectivity index (χ4n) is 1.68. The van der Waals surface area contributed by atoms with Gasteiger partial charge in [-0.3, -0.25) is 0 Å². The van der Waals surface area contributed by atoms with Crippen molar-refractivity contribution in [3.05, 3.63) is 0 Å². The second-order valence-corrected chi connectivity index (χ2v) is 3.81. The Morgan fingerprint density at radius 2 is 1.92 bits per heavy atom. The highest BCUT2D eigenvalue weighted by molar-refractivity contribution is 4.91. The van der Waals surface area contributed by atoms with Gasteiger partial charge in [-0.25, -0.2) is 0 Å². The van der Waals surface area contributed by atoms with Gasteiger partial charge in [0.25, 0.3) is 0 Å². The van der Waals surface area contributed by atoms with E-state index in [1.54, 1.807) is 0 Å². The summed E-state index contributed by atoms with van der Waals surface area (Å²) in [6.07, 6.45) is 14.8. The smallest absolute Gasteiger partial charge is 0.0851 e. The molecular weight excluding hydrogens is 160 g/mol. The molecule has 1 aliphatic heterocycles. The van der Waals surface area contributed by atoms with Crippen molar-refractivity contribution in [1.82, 2.24) is 0 Å². The molecule has 1 rings (SSSR count). The Labute approximate surface area is 81.9 Å². The zero-order valence-corrected chi connectivity index (χ0v) is 8.59. The van der Waals surface area contributed by atoms with Crippen molar-refractivity contribution in [1.29, 1.82) is 0 Å². The monoisotopic (exact) mass is 180 g/mol. The minimum absolute atomic E-state index is 0.498. The lowest BCUT2D eigenvalue weighted by Gasteiger charge is -1.95. The molecule has 1 aliphatic rings. The number of unbranched alkanes of at least 4 members (excludes halogenated alkanes) is 3. The third-order valence-electron chi connectivity index (χ3n) is 2.60. The predicted molar refractivity (Wildman–Crippen MR) is 55.5 cm³/mol. The predicted octanol–water partition coefficient (Wildman–Crippen LogP) is 3.14. The second kappa shape index (κ2) is 6.05. The van der Waals surface area contributed by atoms with E-state index in [1.165, 1.54) is 32.1 Å². The Hall–Kier alpha value is -0.480. The molecule has 0 aliphatic carbocycles. The Bertz CT molecular complexity index is 168. The van der Waals surface area contributed by atoms with Gasteiger partial charge in [-0.15, -0.1) is 12.3 Å². The molecule has 1 saturated heterocycles. The van der Waals surface area contributed by atoms with Gasteiger partial charge < -0.3 is 4.74 Å². The molecule has 1 heteroatoms. The Morgan fingerprint density at radius 3 is 2.62 bits per heavy atom. The first-order valence-corrected chi connectivity index (χ1v) is 5.47. The largest absolute Gasteiger partial charge is 0.370 e. The van der Waals surface area contributed by atoms with Crippen molar-refractivity contribution in [3.8, 4) is 12.3 Å². The topological polar surface area (TPSA) is 12.5 Å². The van der Waals surface area contributed by atoms with Crippen LogP contribution < -0.4 is 0 Å². The highest BCUT2D eigenvalue weighted by atomic mass is 16.6. The lowest BCUT2D eigenvalue weighted by molar-refractivity contribution is 0.353. The molecule has 0 N–H and O–H groups in total.